The summed E-state index contributed by atoms with van der Waals surface area (Å²) in [7, 11) is 3.08. The Bertz CT molecular complexity index is 3430. The Labute approximate surface area is 483 Å². The molecule has 5 aromatic carbocycles. The van der Waals surface area contributed by atoms with Crippen molar-refractivity contribution in [3.05, 3.63) is 189 Å². The van der Waals surface area contributed by atoms with Gasteiger partial charge in [0.25, 0.3) is 0 Å². The predicted molar refractivity (Wildman–Crippen MR) is 313 cm³/mol. The van der Waals surface area contributed by atoms with E-state index in [9.17, 15) is 33.4 Å². The summed E-state index contributed by atoms with van der Waals surface area (Å²) < 4.78 is 50.1. The molecule has 0 amide bonds. The van der Waals surface area contributed by atoms with Crippen LogP contribution in [0, 0.1) is 11.6 Å². The second kappa shape index (κ2) is 25.4. The lowest BCUT2D eigenvalue weighted by Gasteiger charge is -2.30. The van der Waals surface area contributed by atoms with E-state index in [1.165, 1.54) is 31.4 Å². The lowest BCUT2D eigenvalue weighted by Crippen LogP contribution is -2.40. The van der Waals surface area contributed by atoms with Crippen molar-refractivity contribution < 1.29 is 52.3 Å². The molecule has 2 atom stereocenters. The first kappa shape index (κ1) is 60.7. The van der Waals surface area contributed by atoms with E-state index in [-0.39, 0.29) is 72.6 Å². The number of carbonyl (C=O) groups excluding carboxylic acids is 3. The number of carbonyl (C=O) groups is 3. The molecule has 2 aromatic heterocycles. The fourth-order valence-electron chi connectivity index (χ4n) is 8.91. The number of aromatic nitrogens is 2. The summed E-state index contributed by atoms with van der Waals surface area (Å²) in [5.74, 6) is 0.973. The van der Waals surface area contributed by atoms with Crippen molar-refractivity contribution in [3.63, 3.8) is 0 Å². The van der Waals surface area contributed by atoms with Crippen molar-refractivity contribution in [3.8, 4) is 45.5 Å². The monoisotopic (exact) mass is 1140 g/mol. The van der Waals surface area contributed by atoms with Crippen molar-refractivity contribution in [1.29, 1.82) is 0 Å². The van der Waals surface area contributed by atoms with Crippen molar-refractivity contribution in [1.82, 2.24) is 15.3 Å². The van der Waals surface area contributed by atoms with E-state index in [1.807, 2.05) is 58.0 Å². The first-order valence-corrected chi connectivity index (χ1v) is 27.8. The molecule has 0 spiro atoms. The van der Waals surface area contributed by atoms with Crippen LogP contribution >= 0.6 is 11.6 Å². The summed E-state index contributed by atoms with van der Waals surface area (Å²) in [6.45, 7) is 10.9. The van der Waals surface area contributed by atoms with Crippen LogP contribution in [0.25, 0.3) is 22.5 Å². The summed E-state index contributed by atoms with van der Waals surface area (Å²) in [4.78, 5) is 48.6. The fraction of sp³-hybridized carbons (Fsp3) is 0.348. The zero-order valence-electron chi connectivity index (χ0n) is 47.6. The number of hydrogen-bond donors (Lipinski definition) is 4. The first-order valence-electron chi connectivity index (χ1n) is 27.4. The van der Waals surface area contributed by atoms with E-state index in [0.29, 0.717) is 73.6 Å². The molecule has 430 valence electrons. The average Bonchev–Trinajstić information content (AvgIpc) is 4.56. The largest absolute Gasteiger partial charge is 0.493 e. The number of methoxy groups -OCH3 is 2. The Balaban J connectivity index is 0.000000221. The quantitative estimate of drug-likeness (QED) is 0.0418. The number of hydrogen-bond acceptors (Lipinski definition) is 13. The third-order valence-electron chi connectivity index (χ3n) is 14.6. The van der Waals surface area contributed by atoms with Gasteiger partial charge in [-0.05, 0) is 194 Å². The van der Waals surface area contributed by atoms with Crippen LogP contribution in [-0.2, 0) is 22.3 Å². The van der Waals surface area contributed by atoms with Gasteiger partial charge in [0.05, 0.1) is 60.8 Å². The molecule has 16 heteroatoms. The van der Waals surface area contributed by atoms with E-state index in [4.69, 9.17) is 41.3 Å². The Morgan fingerprint density at radius 2 is 1.06 bits per heavy atom. The second-order valence-corrected chi connectivity index (χ2v) is 23.0. The van der Waals surface area contributed by atoms with Crippen LogP contribution < -0.4 is 30.0 Å². The molecule has 2 saturated carbocycles. The van der Waals surface area contributed by atoms with Gasteiger partial charge in [0.1, 0.15) is 22.8 Å². The molecule has 2 fully saturated rings. The topological polar surface area (TPSA) is 192 Å². The van der Waals surface area contributed by atoms with Crippen molar-refractivity contribution >= 4 is 29.0 Å². The van der Waals surface area contributed by atoms with Gasteiger partial charge in [-0.2, -0.15) is 0 Å². The van der Waals surface area contributed by atoms with Crippen LogP contribution in [0.15, 0.2) is 133 Å². The van der Waals surface area contributed by atoms with Crippen LogP contribution in [0.1, 0.15) is 146 Å². The molecule has 7 aromatic rings. The zero-order valence-corrected chi connectivity index (χ0v) is 48.3. The Morgan fingerprint density at radius 1 is 0.585 bits per heavy atom. The van der Waals surface area contributed by atoms with Crippen molar-refractivity contribution in [2.45, 2.75) is 127 Å². The third kappa shape index (κ3) is 15.8. The lowest BCUT2D eigenvalue weighted by molar-refractivity contribution is 0.0395. The van der Waals surface area contributed by atoms with Gasteiger partial charge in [-0.1, -0.05) is 41.9 Å². The first-order chi connectivity index (χ1) is 38.8. The molecule has 2 aliphatic carbocycles. The van der Waals surface area contributed by atoms with Crippen LogP contribution in [0.4, 0.5) is 8.78 Å². The van der Waals surface area contributed by atoms with Gasteiger partial charge in [-0.25, -0.2) is 18.7 Å². The van der Waals surface area contributed by atoms with E-state index in [0.717, 1.165) is 36.8 Å². The molecule has 13 nitrogen and oxygen atoms in total. The number of rotatable bonds is 24. The van der Waals surface area contributed by atoms with Crippen molar-refractivity contribution in [2.75, 3.05) is 20.8 Å². The van der Waals surface area contributed by atoms with E-state index in [1.54, 1.807) is 99.8 Å². The Hall–Kier alpha value is -7.40. The van der Waals surface area contributed by atoms with Crippen LogP contribution in [0.2, 0.25) is 5.02 Å². The lowest BCUT2D eigenvalue weighted by atomic mass is 9.87. The van der Waals surface area contributed by atoms with Gasteiger partial charge in [0.15, 0.2) is 40.3 Å². The Kier molecular flexibility index (Phi) is 18.8. The van der Waals surface area contributed by atoms with Gasteiger partial charge >= 0.3 is 0 Å². The molecule has 2 aliphatic rings. The molecule has 0 bridgehead atoms. The minimum atomic E-state index is -1.51. The van der Waals surface area contributed by atoms with E-state index >= 15 is 0 Å². The zero-order chi connectivity index (χ0) is 59.1. The SMILES string of the molecule is COc1cc(C(=O)CCC(C)(O)c2cc(C(C)(C)N)cc(-c3ccc(F)cc3)n2)ccc1OC1CC1.COc1cc(C(=O)CCC(C)(O)c2cc(C(C)(C)NCC(=O)c3ccccc3)cc(-c3ccc(F)c(Cl)c3)n2)ccc1OC1CC1. The molecular weight excluding hydrogens is 1070 g/mol. The highest BCUT2D eigenvalue weighted by Crippen LogP contribution is 2.39. The molecule has 2 unspecified atom stereocenters. The van der Waals surface area contributed by atoms with E-state index < -0.39 is 28.1 Å². The molecule has 0 saturated heterocycles. The minimum absolute atomic E-state index is 0.0375. The van der Waals surface area contributed by atoms with Gasteiger partial charge in [-0.15, -0.1) is 0 Å². The number of aliphatic hydroxyl groups is 2. The van der Waals surface area contributed by atoms with Crippen molar-refractivity contribution in [2.24, 2.45) is 5.73 Å². The Morgan fingerprint density at radius 3 is 1.54 bits per heavy atom. The number of nitrogens with two attached hydrogens (primary N) is 1. The predicted octanol–water partition coefficient (Wildman–Crippen LogP) is 13.2. The minimum Gasteiger partial charge on any atom is -0.493 e. The highest BCUT2D eigenvalue weighted by Gasteiger charge is 2.33. The number of pyridine rings is 2. The number of nitrogens with one attached hydrogen (secondary N) is 1. The number of Topliss-reactive ketones (excluding diaryl/α,β-unsaturated/α-hetero) is 3. The second-order valence-electron chi connectivity index (χ2n) is 22.6. The summed E-state index contributed by atoms with van der Waals surface area (Å²) in [6.07, 6.45) is 4.83. The van der Waals surface area contributed by atoms with Gasteiger partial charge in [-0.3, -0.25) is 14.4 Å². The van der Waals surface area contributed by atoms with E-state index in [2.05, 4.69) is 10.3 Å². The molecule has 9 rings (SSSR count). The van der Waals surface area contributed by atoms with Gasteiger partial charge < -0.3 is 40.2 Å². The highest BCUT2D eigenvalue weighted by molar-refractivity contribution is 6.31. The average molecular weight is 1140 g/mol. The standard InChI is InChI=1S/C37H38ClFN2O5.C29H33FN2O4/c1-36(2,40-22-32(43)23-8-6-5-7-9-23)26-20-30(24-10-14-29(39)28(38)18-24)41-35(21-26)37(3,44)17-16-31(42)25-11-15-33(34(19-25)45-4)46-27-12-13-27;1-28(2,31)20-16-23(18-5-8-21(30)9-6-18)32-27(17-20)29(3,34)14-13-24(33)19-7-12-25(26(15-19)35-4)36-22-10-11-22/h5-11,14-15,18-21,27,40,44H,12-13,16-17,22H2,1-4H3;5-9,12,15-17,22,34H,10-11,13-14,31H2,1-4H3. The number of halogens is 3. The number of benzene rings is 5. The van der Waals surface area contributed by atoms with Gasteiger partial charge in [0.2, 0.25) is 0 Å². The smallest absolute Gasteiger partial charge is 0.176 e. The maximum atomic E-state index is 14.0. The highest BCUT2D eigenvalue weighted by atomic mass is 35.5. The third-order valence-corrected chi connectivity index (χ3v) is 14.9. The maximum absolute atomic E-state index is 14.0. The summed E-state index contributed by atoms with van der Waals surface area (Å²) in [6, 6.07) is 36.8. The molecule has 2 heterocycles. The van der Waals surface area contributed by atoms with Crippen LogP contribution in [0.3, 0.4) is 0 Å². The molecule has 82 heavy (non-hydrogen) atoms. The van der Waals surface area contributed by atoms with Crippen LogP contribution in [-0.4, -0.2) is 70.5 Å². The maximum Gasteiger partial charge on any atom is 0.176 e. The summed E-state index contributed by atoms with van der Waals surface area (Å²) >= 11 is 6.11. The molecule has 0 aliphatic heterocycles. The summed E-state index contributed by atoms with van der Waals surface area (Å²) in [5, 5.41) is 26.4. The molecule has 5 N–H and O–H groups in total. The summed E-state index contributed by atoms with van der Waals surface area (Å²) in [5.41, 5.74) is 8.07. The fourth-order valence-corrected chi connectivity index (χ4v) is 9.09. The van der Waals surface area contributed by atoms with Gasteiger partial charge in [0, 0.05) is 51.7 Å². The number of nitrogens with zero attached hydrogens (tertiary/aromatic N) is 2. The number of ketones is 3. The van der Waals surface area contributed by atoms with Crippen LogP contribution in [0.5, 0.6) is 23.0 Å². The normalized spacial score (nSPS) is 14.8. The number of ether oxygens (including phenoxy) is 4. The molecule has 0 radical (unpaired) electrons. The molecular formula is C66H71ClF2N4O9.